The molecule has 3 atom stereocenters. The fourth-order valence-corrected chi connectivity index (χ4v) is 4.13. The largest absolute Gasteiger partial charge is 0.338 e. The quantitative estimate of drug-likeness (QED) is 0.671. The van der Waals surface area contributed by atoms with Crippen LogP contribution in [0.3, 0.4) is 0 Å². The lowest BCUT2D eigenvalue weighted by Gasteiger charge is -2.19. The van der Waals surface area contributed by atoms with E-state index in [1.54, 1.807) is 18.3 Å². The Labute approximate surface area is 138 Å². The van der Waals surface area contributed by atoms with E-state index in [0.717, 1.165) is 12.8 Å². The van der Waals surface area contributed by atoms with Crippen LogP contribution in [0.1, 0.15) is 23.2 Å². The summed E-state index contributed by atoms with van der Waals surface area (Å²) in [5.41, 5.74) is 6.92. The molecule has 1 aromatic heterocycles. The summed E-state index contributed by atoms with van der Waals surface area (Å²) in [5, 5.41) is 11.6. The second-order valence-corrected chi connectivity index (χ2v) is 6.66. The maximum atomic E-state index is 13.0. The zero-order valence-corrected chi connectivity index (χ0v) is 13.1. The number of amides is 1. The molecule has 2 aliphatic rings. The molecule has 2 aromatic rings. The van der Waals surface area contributed by atoms with Crippen LogP contribution in [0, 0.1) is 22.0 Å². The summed E-state index contributed by atoms with van der Waals surface area (Å²) in [5.74, 6) is 0.725. The number of hydrogen-bond acceptors (Lipinski definition) is 5. The van der Waals surface area contributed by atoms with Crippen LogP contribution >= 0.6 is 0 Å². The van der Waals surface area contributed by atoms with Gasteiger partial charge in [0, 0.05) is 31.4 Å². The number of nitrogens with zero attached hydrogens (tertiary/aromatic N) is 3. The number of pyridine rings is 1. The summed E-state index contributed by atoms with van der Waals surface area (Å²) >= 11 is 0. The average Bonchev–Trinajstić information content (AvgIpc) is 3.15. The standard InChI is InChI=1S/C17H18N4O3/c18-14-5-3-10-8-20(9-13(10)14)17(22)12-4-6-15(21(23)24)11-2-1-7-19-16(11)12/h1-2,4,6-7,10,13-14H,3,5,8-9,18H2. The van der Waals surface area contributed by atoms with Gasteiger partial charge in [0.25, 0.3) is 11.6 Å². The van der Waals surface area contributed by atoms with Gasteiger partial charge in [0.05, 0.1) is 21.4 Å². The van der Waals surface area contributed by atoms with Crippen LogP contribution in [0.2, 0.25) is 0 Å². The van der Waals surface area contributed by atoms with Gasteiger partial charge in [-0.05, 0) is 42.9 Å². The number of nitrogens with two attached hydrogens (primary N) is 1. The Morgan fingerprint density at radius 1 is 1.29 bits per heavy atom. The van der Waals surface area contributed by atoms with Gasteiger partial charge in [-0.1, -0.05) is 0 Å². The molecule has 0 bridgehead atoms. The Kier molecular flexibility index (Phi) is 3.45. The smallest absolute Gasteiger partial charge is 0.278 e. The number of fused-ring (bicyclic) bond motifs is 2. The first kappa shape index (κ1) is 15.0. The highest BCUT2D eigenvalue weighted by atomic mass is 16.6. The van der Waals surface area contributed by atoms with Gasteiger partial charge in [0.15, 0.2) is 0 Å². The van der Waals surface area contributed by atoms with Gasteiger partial charge in [-0.25, -0.2) is 0 Å². The monoisotopic (exact) mass is 326 g/mol. The lowest BCUT2D eigenvalue weighted by Crippen LogP contribution is -2.33. The minimum atomic E-state index is -0.447. The highest BCUT2D eigenvalue weighted by Crippen LogP contribution is 2.38. The Morgan fingerprint density at radius 2 is 2.12 bits per heavy atom. The number of rotatable bonds is 2. The van der Waals surface area contributed by atoms with Crippen molar-refractivity contribution in [3.63, 3.8) is 0 Å². The Hall–Kier alpha value is -2.54. The molecule has 2 heterocycles. The van der Waals surface area contributed by atoms with Gasteiger partial charge in [-0.15, -0.1) is 0 Å². The second kappa shape index (κ2) is 5.52. The van der Waals surface area contributed by atoms with Gasteiger partial charge in [0.1, 0.15) is 0 Å². The summed E-state index contributed by atoms with van der Waals surface area (Å²) in [6.07, 6.45) is 3.64. The molecule has 0 radical (unpaired) electrons. The van der Waals surface area contributed by atoms with E-state index in [1.165, 1.54) is 12.1 Å². The number of nitro benzene ring substituents is 1. The van der Waals surface area contributed by atoms with Gasteiger partial charge in [-0.2, -0.15) is 0 Å². The van der Waals surface area contributed by atoms with Gasteiger partial charge in [0.2, 0.25) is 0 Å². The molecule has 2 fully saturated rings. The third-order valence-electron chi connectivity index (χ3n) is 5.37. The van der Waals surface area contributed by atoms with Crippen molar-refractivity contribution in [2.75, 3.05) is 13.1 Å². The fraction of sp³-hybridized carbons (Fsp3) is 0.412. The first-order valence-electron chi connectivity index (χ1n) is 8.13. The number of carbonyl (C=O) groups is 1. The van der Waals surface area contributed by atoms with E-state index in [-0.39, 0.29) is 17.6 Å². The molecule has 124 valence electrons. The summed E-state index contributed by atoms with van der Waals surface area (Å²) in [4.78, 5) is 29.7. The predicted octanol–water partition coefficient (Wildman–Crippen LogP) is 1.95. The second-order valence-electron chi connectivity index (χ2n) is 6.66. The van der Waals surface area contributed by atoms with Crippen LogP contribution < -0.4 is 5.73 Å². The van der Waals surface area contributed by atoms with Crippen LogP contribution in [0.15, 0.2) is 30.5 Å². The summed E-state index contributed by atoms with van der Waals surface area (Å²) in [6.45, 7) is 1.37. The van der Waals surface area contributed by atoms with E-state index in [0.29, 0.717) is 41.4 Å². The van der Waals surface area contributed by atoms with Crippen molar-refractivity contribution in [1.82, 2.24) is 9.88 Å². The van der Waals surface area contributed by atoms with Gasteiger partial charge < -0.3 is 10.6 Å². The molecule has 1 saturated heterocycles. The van der Waals surface area contributed by atoms with E-state index in [4.69, 9.17) is 5.73 Å². The number of nitro groups is 1. The third kappa shape index (κ3) is 2.24. The number of hydrogen-bond donors (Lipinski definition) is 1. The Bertz CT molecular complexity index is 838. The average molecular weight is 326 g/mol. The molecule has 0 spiro atoms. The molecule has 1 amide bonds. The molecule has 4 rings (SSSR count). The normalized spacial score (nSPS) is 25.9. The first-order valence-corrected chi connectivity index (χ1v) is 8.13. The zero-order valence-electron chi connectivity index (χ0n) is 13.1. The summed E-state index contributed by atoms with van der Waals surface area (Å²) < 4.78 is 0. The number of aromatic nitrogens is 1. The zero-order chi connectivity index (χ0) is 16.8. The third-order valence-corrected chi connectivity index (χ3v) is 5.37. The van der Waals surface area contributed by atoms with E-state index < -0.39 is 4.92 Å². The van der Waals surface area contributed by atoms with Crippen molar-refractivity contribution >= 4 is 22.5 Å². The fourth-order valence-electron chi connectivity index (χ4n) is 4.13. The molecule has 1 aliphatic carbocycles. The van der Waals surface area contributed by atoms with Gasteiger partial charge in [-0.3, -0.25) is 19.9 Å². The van der Waals surface area contributed by atoms with Crippen LogP contribution in [0.4, 0.5) is 5.69 Å². The van der Waals surface area contributed by atoms with Crippen molar-refractivity contribution in [3.05, 3.63) is 46.1 Å². The van der Waals surface area contributed by atoms with E-state index >= 15 is 0 Å². The number of non-ortho nitro benzene ring substituents is 1. The molecule has 2 N–H and O–H groups in total. The van der Waals surface area contributed by atoms with Crippen molar-refractivity contribution in [2.24, 2.45) is 17.6 Å². The predicted molar refractivity (Wildman–Crippen MR) is 88.5 cm³/mol. The number of carbonyl (C=O) groups excluding carboxylic acids is 1. The topological polar surface area (TPSA) is 102 Å². The number of benzene rings is 1. The highest BCUT2D eigenvalue weighted by Gasteiger charge is 2.42. The molecule has 1 aliphatic heterocycles. The molecule has 1 aromatic carbocycles. The van der Waals surface area contributed by atoms with E-state index in [2.05, 4.69) is 4.98 Å². The maximum Gasteiger partial charge on any atom is 0.278 e. The van der Waals surface area contributed by atoms with Crippen molar-refractivity contribution in [1.29, 1.82) is 0 Å². The molecule has 7 nitrogen and oxygen atoms in total. The van der Waals surface area contributed by atoms with Crippen molar-refractivity contribution < 1.29 is 9.72 Å². The lowest BCUT2D eigenvalue weighted by atomic mass is 9.98. The molecule has 3 unspecified atom stereocenters. The van der Waals surface area contributed by atoms with Crippen LogP contribution in [0.25, 0.3) is 10.9 Å². The van der Waals surface area contributed by atoms with E-state index in [1.807, 2.05) is 4.90 Å². The van der Waals surface area contributed by atoms with Crippen LogP contribution in [0.5, 0.6) is 0 Å². The minimum absolute atomic E-state index is 0.0324. The van der Waals surface area contributed by atoms with Crippen LogP contribution in [-0.2, 0) is 0 Å². The SMILES string of the molecule is NC1CCC2CN(C(=O)c3ccc([N+](=O)[O-])c4cccnc34)CC12. The Morgan fingerprint density at radius 3 is 2.88 bits per heavy atom. The lowest BCUT2D eigenvalue weighted by molar-refractivity contribution is -0.383. The molecular weight excluding hydrogens is 308 g/mol. The maximum absolute atomic E-state index is 13.0. The van der Waals surface area contributed by atoms with E-state index in [9.17, 15) is 14.9 Å². The van der Waals surface area contributed by atoms with Crippen LogP contribution in [-0.4, -0.2) is 39.8 Å². The first-order chi connectivity index (χ1) is 11.6. The molecule has 7 heteroatoms. The summed E-state index contributed by atoms with van der Waals surface area (Å²) in [6, 6.07) is 6.35. The number of likely N-dealkylation sites (tertiary alicyclic amines) is 1. The molecule has 1 saturated carbocycles. The highest BCUT2D eigenvalue weighted by molar-refractivity contribution is 6.07. The minimum Gasteiger partial charge on any atom is -0.338 e. The van der Waals surface area contributed by atoms with Gasteiger partial charge >= 0.3 is 0 Å². The molecule has 24 heavy (non-hydrogen) atoms. The molecular formula is C17H18N4O3. The van der Waals surface area contributed by atoms with Crippen molar-refractivity contribution in [2.45, 2.75) is 18.9 Å². The Balaban J connectivity index is 1.71. The summed E-state index contributed by atoms with van der Waals surface area (Å²) in [7, 11) is 0. The van der Waals surface area contributed by atoms with Crippen molar-refractivity contribution in [3.8, 4) is 0 Å².